The first-order chi connectivity index (χ1) is 12.8. The van der Waals surface area contributed by atoms with Crippen LogP contribution in [0.2, 0.25) is 0 Å². The van der Waals surface area contributed by atoms with Crippen molar-refractivity contribution in [2.75, 3.05) is 36.7 Å². The van der Waals surface area contributed by atoms with E-state index in [4.69, 9.17) is 14.2 Å². The predicted octanol–water partition coefficient (Wildman–Crippen LogP) is 3.58. The van der Waals surface area contributed by atoms with E-state index in [2.05, 4.69) is 5.32 Å². The van der Waals surface area contributed by atoms with Crippen molar-refractivity contribution in [1.29, 1.82) is 0 Å². The largest absolute Gasteiger partial charge is 0.489 e. The Balaban J connectivity index is 1.35. The SMILES string of the molecule is O=C(Nc1cccc(COc2ccc3c(c2)OCO3)c1)N1CCSCC1. The Labute approximate surface area is 156 Å². The number of urea groups is 1. The molecule has 1 N–H and O–H groups in total. The van der Waals surface area contributed by atoms with Gasteiger partial charge in [0.1, 0.15) is 12.4 Å². The second kappa shape index (κ2) is 7.78. The molecule has 1 fully saturated rings. The van der Waals surface area contributed by atoms with E-state index < -0.39 is 0 Å². The Kier molecular flexibility index (Phi) is 5.06. The third-order valence-corrected chi connectivity index (χ3v) is 5.17. The summed E-state index contributed by atoms with van der Waals surface area (Å²) in [6, 6.07) is 13.2. The van der Waals surface area contributed by atoms with Crippen molar-refractivity contribution in [3.8, 4) is 17.2 Å². The van der Waals surface area contributed by atoms with Gasteiger partial charge in [0.2, 0.25) is 6.79 Å². The highest BCUT2D eigenvalue weighted by atomic mass is 32.2. The highest BCUT2D eigenvalue weighted by molar-refractivity contribution is 7.99. The van der Waals surface area contributed by atoms with E-state index in [0.717, 1.165) is 47.3 Å². The first-order valence-electron chi connectivity index (χ1n) is 8.53. The molecule has 0 unspecified atom stereocenters. The summed E-state index contributed by atoms with van der Waals surface area (Å²) in [7, 11) is 0. The number of ether oxygens (including phenoxy) is 3. The quantitative estimate of drug-likeness (QED) is 0.889. The van der Waals surface area contributed by atoms with Crippen molar-refractivity contribution in [3.05, 3.63) is 48.0 Å². The molecule has 2 aromatic rings. The second-order valence-electron chi connectivity index (χ2n) is 6.03. The van der Waals surface area contributed by atoms with Crippen LogP contribution < -0.4 is 19.5 Å². The third kappa shape index (κ3) is 3.99. The fourth-order valence-corrected chi connectivity index (χ4v) is 3.74. The number of thioether (sulfide) groups is 1. The standard InChI is InChI=1S/C19H20N2O4S/c22-19(21-6-8-26-9-7-21)20-15-3-1-2-14(10-15)12-23-16-4-5-17-18(11-16)25-13-24-17/h1-5,10-11H,6-9,12-13H2,(H,20,22). The Morgan fingerprint density at radius 2 is 1.96 bits per heavy atom. The molecule has 0 bridgehead atoms. The third-order valence-electron chi connectivity index (χ3n) is 4.23. The lowest BCUT2D eigenvalue weighted by atomic mass is 10.2. The number of carbonyl (C=O) groups is 1. The number of nitrogens with one attached hydrogen (secondary N) is 1. The first kappa shape index (κ1) is 16.9. The van der Waals surface area contributed by atoms with Crippen molar-refractivity contribution in [2.24, 2.45) is 0 Å². The summed E-state index contributed by atoms with van der Waals surface area (Å²) < 4.78 is 16.5. The zero-order valence-corrected chi connectivity index (χ0v) is 15.1. The van der Waals surface area contributed by atoms with Gasteiger partial charge in [0.25, 0.3) is 0 Å². The molecule has 4 rings (SSSR count). The summed E-state index contributed by atoms with van der Waals surface area (Å²) in [5.74, 6) is 4.14. The topological polar surface area (TPSA) is 60.0 Å². The minimum atomic E-state index is -0.0425. The lowest BCUT2D eigenvalue weighted by Crippen LogP contribution is -2.40. The van der Waals surface area contributed by atoms with Crippen molar-refractivity contribution >= 4 is 23.5 Å². The van der Waals surface area contributed by atoms with E-state index in [1.807, 2.05) is 59.1 Å². The molecule has 0 spiro atoms. The molecule has 26 heavy (non-hydrogen) atoms. The monoisotopic (exact) mass is 372 g/mol. The molecule has 136 valence electrons. The maximum absolute atomic E-state index is 12.3. The van der Waals surface area contributed by atoms with Crippen molar-refractivity contribution in [1.82, 2.24) is 4.90 Å². The minimum absolute atomic E-state index is 0.0425. The number of fused-ring (bicyclic) bond motifs is 1. The fraction of sp³-hybridized carbons (Fsp3) is 0.316. The smallest absolute Gasteiger partial charge is 0.321 e. The van der Waals surface area contributed by atoms with Crippen LogP contribution in [0, 0.1) is 0 Å². The number of hydrogen-bond acceptors (Lipinski definition) is 5. The number of amides is 2. The van der Waals surface area contributed by atoms with E-state index >= 15 is 0 Å². The zero-order chi connectivity index (χ0) is 17.8. The number of nitrogens with zero attached hydrogens (tertiary/aromatic N) is 1. The number of benzene rings is 2. The molecule has 6 nitrogen and oxygen atoms in total. The Bertz CT molecular complexity index is 793. The van der Waals surface area contributed by atoms with Crippen molar-refractivity contribution in [3.63, 3.8) is 0 Å². The molecule has 0 radical (unpaired) electrons. The van der Waals surface area contributed by atoms with Crippen LogP contribution in [0.1, 0.15) is 5.56 Å². The highest BCUT2D eigenvalue weighted by Crippen LogP contribution is 2.35. The molecule has 0 aromatic heterocycles. The van der Waals surface area contributed by atoms with Crippen LogP contribution in [-0.2, 0) is 6.61 Å². The number of carbonyl (C=O) groups excluding carboxylic acids is 1. The molecule has 0 atom stereocenters. The molecule has 2 aromatic carbocycles. The van der Waals surface area contributed by atoms with Gasteiger partial charge in [-0.1, -0.05) is 12.1 Å². The maximum Gasteiger partial charge on any atom is 0.321 e. The molecule has 2 aliphatic heterocycles. The van der Waals surface area contributed by atoms with Gasteiger partial charge in [0, 0.05) is 36.3 Å². The Morgan fingerprint density at radius 3 is 2.85 bits per heavy atom. The number of anilines is 1. The molecule has 0 aliphatic carbocycles. The molecule has 2 aliphatic rings. The molecular formula is C19H20N2O4S. The van der Waals surface area contributed by atoms with Gasteiger partial charge in [-0.15, -0.1) is 0 Å². The molecule has 2 heterocycles. The Morgan fingerprint density at radius 1 is 1.12 bits per heavy atom. The zero-order valence-electron chi connectivity index (χ0n) is 14.3. The lowest BCUT2D eigenvalue weighted by molar-refractivity contribution is 0.173. The summed E-state index contributed by atoms with van der Waals surface area (Å²) >= 11 is 1.88. The van der Waals surface area contributed by atoms with Gasteiger partial charge in [-0.25, -0.2) is 4.79 Å². The summed E-state index contributed by atoms with van der Waals surface area (Å²) in [5.41, 5.74) is 1.76. The molecular weight excluding hydrogens is 352 g/mol. The van der Waals surface area contributed by atoms with E-state index in [0.29, 0.717) is 12.4 Å². The maximum atomic E-state index is 12.3. The first-order valence-corrected chi connectivity index (χ1v) is 9.68. The van der Waals surface area contributed by atoms with Crippen molar-refractivity contribution < 1.29 is 19.0 Å². The van der Waals surface area contributed by atoms with Gasteiger partial charge in [0.15, 0.2) is 11.5 Å². The fourth-order valence-electron chi connectivity index (χ4n) is 2.84. The Hall–Kier alpha value is -2.54. The predicted molar refractivity (Wildman–Crippen MR) is 101 cm³/mol. The van der Waals surface area contributed by atoms with Gasteiger partial charge < -0.3 is 24.4 Å². The van der Waals surface area contributed by atoms with Crippen LogP contribution in [0.5, 0.6) is 17.2 Å². The normalized spacial score (nSPS) is 15.6. The van der Waals surface area contributed by atoms with Gasteiger partial charge in [-0.2, -0.15) is 11.8 Å². The summed E-state index contributed by atoms with van der Waals surface area (Å²) in [6.45, 7) is 2.24. The molecule has 1 saturated heterocycles. The van der Waals surface area contributed by atoms with Gasteiger partial charge in [-0.3, -0.25) is 0 Å². The average Bonchev–Trinajstić information content (AvgIpc) is 3.15. The van der Waals surface area contributed by atoms with E-state index in [-0.39, 0.29) is 12.8 Å². The van der Waals surface area contributed by atoms with E-state index in [1.165, 1.54) is 0 Å². The van der Waals surface area contributed by atoms with Crippen LogP contribution in [0.15, 0.2) is 42.5 Å². The number of rotatable bonds is 4. The summed E-state index contributed by atoms with van der Waals surface area (Å²) in [5, 5.41) is 2.97. The van der Waals surface area contributed by atoms with Crippen molar-refractivity contribution in [2.45, 2.75) is 6.61 Å². The van der Waals surface area contributed by atoms with Crippen LogP contribution in [0.3, 0.4) is 0 Å². The van der Waals surface area contributed by atoms with Gasteiger partial charge >= 0.3 is 6.03 Å². The lowest BCUT2D eigenvalue weighted by Gasteiger charge is -2.26. The van der Waals surface area contributed by atoms with Crippen LogP contribution in [0.4, 0.5) is 10.5 Å². The van der Waals surface area contributed by atoms with Gasteiger partial charge in [0.05, 0.1) is 0 Å². The van der Waals surface area contributed by atoms with E-state index in [9.17, 15) is 4.79 Å². The van der Waals surface area contributed by atoms with Gasteiger partial charge in [-0.05, 0) is 29.8 Å². The average molecular weight is 372 g/mol. The highest BCUT2D eigenvalue weighted by Gasteiger charge is 2.17. The minimum Gasteiger partial charge on any atom is -0.489 e. The molecule has 7 heteroatoms. The van der Waals surface area contributed by atoms with Crippen LogP contribution >= 0.6 is 11.8 Å². The van der Waals surface area contributed by atoms with Crippen LogP contribution in [0.25, 0.3) is 0 Å². The molecule has 2 amide bonds. The summed E-state index contributed by atoms with van der Waals surface area (Å²) in [4.78, 5) is 14.2. The second-order valence-corrected chi connectivity index (χ2v) is 7.26. The van der Waals surface area contributed by atoms with E-state index in [1.54, 1.807) is 0 Å². The summed E-state index contributed by atoms with van der Waals surface area (Å²) in [6.07, 6.45) is 0. The number of hydrogen-bond donors (Lipinski definition) is 1. The molecule has 0 saturated carbocycles. The van der Waals surface area contributed by atoms with Crippen LogP contribution in [-0.4, -0.2) is 42.3 Å².